The molecule has 7 fully saturated rings. The zero-order valence-corrected chi connectivity index (χ0v) is 37.2. The van der Waals surface area contributed by atoms with Gasteiger partial charge in [-0.2, -0.15) is 0 Å². The van der Waals surface area contributed by atoms with E-state index >= 15 is 0 Å². The number of aliphatic hydroxyl groups is 14. The lowest BCUT2D eigenvalue weighted by atomic mass is 9.72. The van der Waals surface area contributed by atoms with Crippen LogP contribution in [0.25, 0.3) is 0 Å². The molecular weight excluding hydrogens is 900 g/mol. The first-order chi connectivity index (χ1) is 31.8. The Kier molecular flexibility index (Phi) is 18.1. The molecule has 0 aromatic heterocycles. The van der Waals surface area contributed by atoms with Crippen molar-refractivity contribution in [1.29, 1.82) is 0 Å². The molecular formula is C43H70O24. The molecule has 24 heteroatoms. The number of hydrogen-bond donors (Lipinski definition) is 14. The quantitative estimate of drug-likeness (QED) is 0.0603. The summed E-state index contributed by atoms with van der Waals surface area (Å²) in [5, 5.41) is 150. The van der Waals surface area contributed by atoms with Gasteiger partial charge in [-0.15, -0.1) is 0 Å². The third-order valence-electron chi connectivity index (χ3n) is 14.7. The molecule has 7 aliphatic rings. The van der Waals surface area contributed by atoms with Crippen molar-refractivity contribution < 1.29 is 119 Å². The molecule has 0 aromatic rings. The summed E-state index contributed by atoms with van der Waals surface area (Å²) in [6.07, 6.45) is -30.2. The number of carbonyl (C=O) groups excluding carboxylic acids is 1. The largest absolute Gasteiger partial charge is 0.460 e. The first kappa shape index (κ1) is 53.1. The van der Waals surface area contributed by atoms with Crippen LogP contribution in [0.3, 0.4) is 0 Å². The van der Waals surface area contributed by atoms with Crippen LogP contribution in [-0.2, 0) is 47.4 Å². The summed E-state index contributed by atoms with van der Waals surface area (Å²) >= 11 is 0. The number of hydrogen-bond acceptors (Lipinski definition) is 24. The molecule has 0 bridgehead atoms. The third kappa shape index (κ3) is 12.0. The molecule has 24 nitrogen and oxygen atoms in total. The molecule has 3 saturated carbocycles. The molecule has 0 amide bonds. The molecule has 7 rings (SSSR count). The minimum atomic E-state index is -1.88. The summed E-state index contributed by atoms with van der Waals surface area (Å²) in [6, 6.07) is 0. The van der Waals surface area contributed by atoms with Gasteiger partial charge < -0.3 is 114 Å². The van der Waals surface area contributed by atoms with Gasteiger partial charge in [0.2, 0.25) is 0 Å². The van der Waals surface area contributed by atoms with E-state index in [9.17, 15) is 76.3 Å². The van der Waals surface area contributed by atoms with Gasteiger partial charge in [-0.25, -0.2) is 4.79 Å². The third-order valence-corrected chi connectivity index (χ3v) is 14.7. The first-order valence-corrected chi connectivity index (χ1v) is 23.2. The van der Waals surface area contributed by atoms with Crippen molar-refractivity contribution in [1.82, 2.24) is 0 Å². The van der Waals surface area contributed by atoms with Gasteiger partial charge in [0.05, 0.1) is 67.6 Å². The van der Waals surface area contributed by atoms with E-state index < -0.39 is 178 Å². The lowest BCUT2D eigenvalue weighted by Gasteiger charge is -2.53. The maximum Gasteiger partial charge on any atom is 0.330 e. The highest BCUT2D eigenvalue weighted by Gasteiger charge is 2.55. The Hall–Kier alpha value is -1.67. The fourth-order valence-corrected chi connectivity index (χ4v) is 10.6. The smallest absolute Gasteiger partial charge is 0.330 e. The molecule has 67 heavy (non-hydrogen) atoms. The molecule has 0 aromatic carbocycles. The fourth-order valence-electron chi connectivity index (χ4n) is 10.6. The highest BCUT2D eigenvalue weighted by molar-refractivity contribution is 5.81. The normalized spacial score (nSPS) is 52.1. The van der Waals surface area contributed by atoms with Crippen LogP contribution in [0.1, 0.15) is 58.3 Å². The maximum absolute atomic E-state index is 12.7. The number of allylic oxidation sites excluding steroid dienone is 1. The number of methoxy groups -OCH3 is 1. The first-order valence-electron chi connectivity index (χ1n) is 23.2. The van der Waals surface area contributed by atoms with E-state index in [1.54, 1.807) is 6.08 Å². The van der Waals surface area contributed by atoms with E-state index in [0.717, 1.165) is 0 Å². The Morgan fingerprint density at radius 1 is 0.552 bits per heavy atom. The molecule has 3 aliphatic carbocycles. The van der Waals surface area contributed by atoms with E-state index in [0.29, 0.717) is 19.3 Å². The Morgan fingerprint density at radius 3 is 1.76 bits per heavy atom. The average molecular weight is 971 g/mol. The molecule has 386 valence electrons. The van der Waals surface area contributed by atoms with E-state index in [4.69, 9.17) is 42.6 Å². The molecule has 4 heterocycles. The zero-order chi connectivity index (χ0) is 48.6. The minimum Gasteiger partial charge on any atom is -0.460 e. The van der Waals surface area contributed by atoms with Gasteiger partial charge in [0, 0.05) is 25.5 Å². The Bertz CT molecular complexity index is 1600. The van der Waals surface area contributed by atoms with Crippen LogP contribution in [0.15, 0.2) is 12.2 Å². The second-order valence-corrected chi connectivity index (χ2v) is 19.3. The van der Waals surface area contributed by atoms with Crippen LogP contribution in [0.4, 0.5) is 0 Å². The molecule has 26 atom stereocenters. The van der Waals surface area contributed by atoms with E-state index in [-0.39, 0.29) is 44.1 Å². The Balaban J connectivity index is 1.05. The number of rotatable bonds is 13. The van der Waals surface area contributed by atoms with Crippen molar-refractivity contribution in [2.75, 3.05) is 20.3 Å². The summed E-state index contributed by atoms with van der Waals surface area (Å²) in [5.41, 5.74) is 0. The number of aliphatic hydroxyl groups excluding tert-OH is 14. The van der Waals surface area contributed by atoms with Crippen molar-refractivity contribution in [3.63, 3.8) is 0 Å². The lowest BCUT2D eigenvalue weighted by Crippen LogP contribution is -2.64. The monoisotopic (exact) mass is 970 g/mol. The Labute approximate surface area is 386 Å². The summed E-state index contributed by atoms with van der Waals surface area (Å²) in [7, 11) is 1.49. The predicted octanol–water partition coefficient (Wildman–Crippen LogP) is -6.09. The maximum atomic E-state index is 12.7. The SMILES string of the molecule is COC1CC(C=CC(=O)OCC2OC(OC3CC(O)CC4OC(C5CC(O)C(O)C(O)C5)C(OC5OC(COC6OC(C)C(O)C(O)C6O)C(O)C(O)C5O)CC34)C(O)C(O)C2O)CCC1O. The van der Waals surface area contributed by atoms with E-state index in [1.807, 2.05) is 0 Å². The van der Waals surface area contributed by atoms with Gasteiger partial charge in [0.15, 0.2) is 18.9 Å². The van der Waals surface area contributed by atoms with Crippen molar-refractivity contribution in [2.45, 2.75) is 211 Å². The molecule has 4 saturated heterocycles. The van der Waals surface area contributed by atoms with Gasteiger partial charge in [0.25, 0.3) is 0 Å². The van der Waals surface area contributed by atoms with Gasteiger partial charge in [-0.1, -0.05) is 6.08 Å². The predicted molar refractivity (Wildman–Crippen MR) is 218 cm³/mol. The van der Waals surface area contributed by atoms with Crippen LogP contribution in [0, 0.1) is 17.8 Å². The van der Waals surface area contributed by atoms with Crippen molar-refractivity contribution in [2.24, 2.45) is 17.8 Å². The molecule has 4 aliphatic heterocycles. The zero-order valence-electron chi connectivity index (χ0n) is 37.2. The van der Waals surface area contributed by atoms with Crippen molar-refractivity contribution in [3.05, 3.63) is 12.2 Å². The molecule has 14 N–H and O–H groups in total. The second kappa shape index (κ2) is 22.8. The molecule has 0 spiro atoms. The molecule has 26 unspecified atom stereocenters. The fraction of sp³-hybridized carbons (Fsp3) is 0.930. The van der Waals surface area contributed by atoms with Crippen LogP contribution < -0.4 is 0 Å². The number of carbonyl (C=O) groups is 1. The van der Waals surface area contributed by atoms with Gasteiger partial charge in [0.1, 0.15) is 79.9 Å². The number of ether oxygens (including phenoxy) is 9. The van der Waals surface area contributed by atoms with E-state index in [1.165, 1.54) is 20.1 Å². The average Bonchev–Trinajstić information content (AvgIpc) is 3.30. The van der Waals surface area contributed by atoms with Crippen LogP contribution in [-0.4, -0.2) is 251 Å². The van der Waals surface area contributed by atoms with Crippen LogP contribution in [0.5, 0.6) is 0 Å². The van der Waals surface area contributed by atoms with Crippen molar-refractivity contribution in [3.8, 4) is 0 Å². The lowest BCUT2D eigenvalue weighted by molar-refractivity contribution is -0.352. The standard InChI is InChI=1S/C43H70O24/c1-15-30(49)34(53)37(56)41(62-15)61-14-28-33(52)36(55)39(58)43(67-28)65-26-12-19-23(63-40(26)17-8-21(46)31(50)22(47)9-17)10-18(44)11-24(19)64-42-38(57)35(54)32(51)27(66-42)13-60-29(48)6-4-16-3-5-20(45)25(7-16)59-2/h4,6,15-28,30-47,49-58H,3,5,7-14H2,1-2H3. The van der Waals surface area contributed by atoms with Gasteiger partial charge >= 0.3 is 5.97 Å². The highest BCUT2D eigenvalue weighted by atomic mass is 16.7. The highest BCUT2D eigenvalue weighted by Crippen LogP contribution is 2.45. The summed E-state index contributed by atoms with van der Waals surface area (Å²) in [4.78, 5) is 12.7. The van der Waals surface area contributed by atoms with Gasteiger partial charge in [-0.05, 0) is 63.7 Å². The van der Waals surface area contributed by atoms with Crippen LogP contribution >= 0.6 is 0 Å². The number of fused-ring (bicyclic) bond motifs is 1. The Morgan fingerprint density at radius 2 is 1.13 bits per heavy atom. The molecule has 0 radical (unpaired) electrons. The van der Waals surface area contributed by atoms with Crippen molar-refractivity contribution >= 4 is 5.97 Å². The topological polar surface area (TPSA) is 383 Å². The summed E-state index contributed by atoms with van der Waals surface area (Å²) in [6.45, 7) is 0.305. The van der Waals surface area contributed by atoms with Crippen LogP contribution in [0.2, 0.25) is 0 Å². The summed E-state index contributed by atoms with van der Waals surface area (Å²) < 4.78 is 52.8. The minimum absolute atomic E-state index is 0.0168. The second-order valence-electron chi connectivity index (χ2n) is 19.3. The number of esters is 1. The van der Waals surface area contributed by atoms with E-state index in [2.05, 4.69) is 0 Å². The van der Waals surface area contributed by atoms with Gasteiger partial charge in [-0.3, -0.25) is 0 Å². The summed E-state index contributed by atoms with van der Waals surface area (Å²) in [5.74, 6) is -2.25.